The third-order valence-corrected chi connectivity index (χ3v) is 5.94. The highest BCUT2D eigenvalue weighted by Crippen LogP contribution is 2.23. The van der Waals surface area contributed by atoms with Crippen LogP contribution >= 0.6 is 0 Å². The van der Waals surface area contributed by atoms with Crippen LogP contribution in [0.4, 0.5) is 0 Å². The lowest BCUT2D eigenvalue weighted by Crippen LogP contribution is -2.26. The number of fused-ring (bicyclic) bond motifs is 2. The van der Waals surface area contributed by atoms with Crippen LogP contribution in [0.5, 0.6) is 5.75 Å². The molecule has 148 valence electrons. The fraction of sp³-hybridized carbons (Fsp3) is 0.150. The molecule has 2 amide bonds. The maximum absolute atomic E-state index is 12.4. The van der Waals surface area contributed by atoms with Gasteiger partial charge >= 0.3 is 0 Å². The van der Waals surface area contributed by atoms with Crippen LogP contribution in [0.2, 0.25) is 0 Å². The summed E-state index contributed by atoms with van der Waals surface area (Å²) in [5.41, 5.74) is 0.984. The van der Waals surface area contributed by atoms with E-state index < -0.39 is 21.8 Å². The Kier molecular flexibility index (Phi) is 4.99. The zero-order chi connectivity index (χ0) is 20.4. The third-order valence-electron chi connectivity index (χ3n) is 4.48. The number of nitrogens with zero attached hydrogens (tertiary/aromatic N) is 1. The molecule has 1 aliphatic rings. The highest BCUT2D eigenvalue weighted by atomic mass is 32.2. The second kappa shape index (κ2) is 7.61. The van der Waals surface area contributed by atoms with Crippen molar-refractivity contribution in [3.8, 4) is 5.75 Å². The molecule has 0 fully saturated rings. The van der Waals surface area contributed by atoms with E-state index in [4.69, 9.17) is 4.74 Å². The number of benzene rings is 2. The van der Waals surface area contributed by atoms with E-state index in [2.05, 4.69) is 15.0 Å². The lowest BCUT2D eigenvalue weighted by Gasteiger charge is -2.10. The first-order valence-electron chi connectivity index (χ1n) is 8.92. The van der Waals surface area contributed by atoms with Crippen LogP contribution in [0.25, 0.3) is 10.9 Å². The van der Waals surface area contributed by atoms with Gasteiger partial charge in [-0.15, -0.1) is 0 Å². The average molecular weight is 411 g/mol. The molecule has 0 atom stereocenters. The number of para-hydroxylation sites is 1. The predicted molar refractivity (Wildman–Crippen MR) is 105 cm³/mol. The summed E-state index contributed by atoms with van der Waals surface area (Å²) in [4.78, 5) is 27.5. The van der Waals surface area contributed by atoms with Crippen molar-refractivity contribution in [3.05, 3.63) is 65.9 Å². The molecule has 2 heterocycles. The smallest absolute Gasteiger partial charge is 0.258 e. The number of rotatable bonds is 7. The number of hydrogen-bond donors (Lipinski definition) is 2. The zero-order valence-electron chi connectivity index (χ0n) is 15.2. The van der Waals surface area contributed by atoms with Crippen molar-refractivity contribution in [1.82, 2.24) is 15.0 Å². The van der Waals surface area contributed by atoms with Crippen molar-refractivity contribution in [2.45, 2.75) is 11.3 Å². The number of sulfonamides is 1. The number of nitrogens with one attached hydrogen (secondary N) is 2. The van der Waals surface area contributed by atoms with E-state index in [1.807, 2.05) is 30.3 Å². The maximum Gasteiger partial charge on any atom is 0.258 e. The van der Waals surface area contributed by atoms with E-state index in [1.54, 1.807) is 6.20 Å². The summed E-state index contributed by atoms with van der Waals surface area (Å²) in [5.74, 6) is -0.485. The van der Waals surface area contributed by atoms with Crippen molar-refractivity contribution in [3.63, 3.8) is 0 Å². The maximum atomic E-state index is 12.4. The second-order valence-electron chi connectivity index (χ2n) is 6.42. The summed E-state index contributed by atoms with van der Waals surface area (Å²) in [6.45, 7) is 0.460. The number of ether oxygens (including phenoxy) is 1. The number of hydrogen-bond acceptors (Lipinski definition) is 6. The molecule has 4 rings (SSSR count). The van der Waals surface area contributed by atoms with Gasteiger partial charge in [-0.05, 0) is 36.8 Å². The van der Waals surface area contributed by atoms with Crippen LogP contribution in [-0.4, -0.2) is 38.4 Å². The van der Waals surface area contributed by atoms with Gasteiger partial charge in [0.25, 0.3) is 11.8 Å². The molecule has 1 aliphatic heterocycles. The molecule has 9 heteroatoms. The van der Waals surface area contributed by atoms with Gasteiger partial charge in [-0.1, -0.05) is 18.2 Å². The van der Waals surface area contributed by atoms with E-state index in [0.717, 1.165) is 10.9 Å². The molecule has 0 radical (unpaired) electrons. The Balaban J connectivity index is 1.35. The number of aromatic nitrogens is 1. The SMILES string of the molecule is O=C1NC(=O)c2cc(S(=O)(=O)NCCCOc3cccc4cccnc34)ccc21. The Labute approximate surface area is 167 Å². The number of amides is 2. The van der Waals surface area contributed by atoms with Crippen LogP contribution in [0.1, 0.15) is 27.1 Å². The van der Waals surface area contributed by atoms with Gasteiger partial charge in [0.1, 0.15) is 11.3 Å². The average Bonchev–Trinajstić information content (AvgIpc) is 3.01. The standard InChI is InChI=1S/C20H17N3O5S/c24-19-15-8-7-14(12-16(15)20(25)23-19)29(26,27)22-10-3-11-28-17-6-1-4-13-5-2-9-21-18(13)17/h1-2,4-9,12,22H,3,10-11H2,(H,23,24,25). The Morgan fingerprint density at radius 1 is 1.00 bits per heavy atom. The molecule has 29 heavy (non-hydrogen) atoms. The lowest BCUT2D eigenvalue weighted by molar-refractivity contribution is 0.0879. The summed E-state index contributed by atoms with van der Waals surface area (Å²) in [7, 11) is -3.81. The minimum atomic E-state index is -3.81. The molecule has 0 saturated carbocycles. The molecule has 0 saturated heterocycles. The van der Waals surface area contributed by atoms with Gasteiger partial charge in [0.15, 0.2) is 0 Å². The van der Waals surface area contributed by atoms with Crippen molar-refractivity contribution in [1.29, 1.82) is 0 Å². The van der Waals surface area contributed by atoms with Crippen LogP contribution < -0.4 is 14.8 Å². The Bertz CT molecular complexity index is 1220. The number of carbonyl (C=O) groups excluding carboxylic acids is 2. The Morgan fingerprint density at radius 2 is 1.79 bits per heavy atom. The second-order valence-corrected chi connectivity index (χ2v) is 8.19. The minimum Gasteiger partial charge on any atom is -0.491 e. The highest BCUT2D eigenvalue weighted by Gasteiger charge is 2.28. The molecule has 0 unspecified atom stereocenters. The first-order valence-corrected chi connectivity index (χ1v) is 10.4. The van der Waals surface area contributed by atoms with E-state index in [0.29, 0.717) is 18.8 Å². The summed E-state index contributed by atoms with van der Waals surface area (Å²) in [5, 5.41) is 3.10. The predicted octanol–water partition coefficient (Wildman–Crippen LogP) is 1.87. The largest absolute Gasteiger partial charge is 0.491 e. The molecular formula is C20H17N3O5S. The van der Waals surface area contributed by atoms with E-state index in [1.165, 1.54) is 18.2 Å². The summed E-state index contributed by atoms with van der Waals surface area (Å²) < 4.78 is 33.1. The van der Waals surface area contributed by atoms with Crippen LogP contribution in [0, 0.1) is 0 Å². The van der Waals surface area contributed by atoms with Gasteiger partial charge < -0.3 is 4.74 Å². The first kappa shape index (κ1) is 19.0. The number of pyridine rings is 1. The van der Waals surface area contributed by atoms with E-state index in [-0.39, 0.29) is 22.6 Å². The summed E-state index contributed by atoms with van der Waals surface area (Å²) >= 11 is 0. The van der Waals surface area contributed by atoms with E-state index >= 15 is 0 Å². The highest BCUT2D eigenvalue weighted by molar-refractivity contribution is 7.89. The Morgan fingerprint density at radius 3 is 2.66 bits per heavy atom. The zero-order valence-corrected chi connectivity index (χ0v) is 16.0. The topological polar surface area (TPSA) is 114 Å². The molecule has 1 aromatic heterocycles. The molecule has 0 bridgehead atoms. The molecule has 0 aliphatic carbocycles. The fourth-order valence-corrected chi connectivity index (χ4v) is 4.15. The van der Waals surface area contributed by atoms with Gasteiger partial charge in [-0.3, -0.25) is 19.9 Å². The first-order chi connectivity index (χ1) is 14.0. The van der Waals surface area contributed by atoms with Crippen LogP contribution in [-0.2, 0) is 10.0 Å². The minimum absolute atomic E-state index is 0.0599. The van der Waals surface area contributed by atoms with Crippen molar-refractivity contribution in [2.24, 2.45) is 0 Å². The number of carbonyl (C=O) groups is 2. The third kappa shape index (κ3) is 3.82. The van der Waals surface area contributed by atoms with Crippen molar-refractivity contribution < 1.29 is 22.7 Å². The molecule has 8 nitrogen and oxygen atoms in total. The molecule has 3 aromatic rings. The van der Waals surface area contributed by atoms with Crippen molar-refractivity contribution in [2.75, 3.05) is 13.2 Å². The van der Waals surface area contributed by atoms with Crippen LogP contribution in [0.3, 0.4) is 0 Å². The number of imide groups is 1. The van der Waals surface area contributed by atoms with E-state index in [9.17, 15) is 18.0 Å². The normalized spacial score (nSPS) is 13.4. The van der Waals surface area contributed by atoms with Gasteiger partial charge in [0.05, 0.1) is 22.6 Å². The molecular weight excluding hydrogens is 394 g/mol. The summed E-state index contributed by atoms with van der Waals surface area (Å²) in [6.07, 6.45) is 2.13. The van der Waals surface area contributed by atoms with Gasteiger partial charge in [0, 0.05) is 18.1 Å². The fourth-order valence-electron chi connectivity index (χ4n) is 3.05. The lowest BCUT2D eigenvalue weighted by atomic mass is 10.1. The molecule has 2 N–H and O–H groups in total. The van der Waals surface area contributed by atoms with Gasteiger partial charge in [-0.25, -0.2) is 13.1 Å². The quantitative estimate of drug-likeness (QED) is 0.453. The van der Waals surface area contributed by atoms with Crippen molar-refractivity contribution >= 4 is 32.7 Å². The van der Waals surface area contributed by atoms with Crippen LogP contribution in [0.15, 0.2) is 59.6 Å². The van der Waals surface area contributed by atoms with Gasteiger partial charge in [-0.2, -0.15) is 0 Å². The Hall–Kier alpha value is -3.30. The molecule has 2 aromatic carbocycles. The summed E-state index contributed by atoms with van der Waals surface area (Å²) in [6, 6.07) is 13.3. The molecule has 0 spiro atoms. The van der Waals surface area contributed by atoms with Gasteiger partial charge in [0.2, 0.25) is 10.0 Å². The monoisotopic (exact) mass is 411 g/mol.